The van der Waals surface area contributed by atoms with Crippen LogP contribution in [-0.2, 0) is 9.84 Å². The molecule has 0 spiro atoms. The van der Waals surface area contributed by atoms with E-state index in [9.17, 15) is 18.5 Å². The lowest BCUT2D eigenvalue weighted by Gasteiger charge is -2.23. The fourth-order valence-electron chi connectivity index (χ4n) is 2.56. The van der Waals surface area contributed by atoms with Crippen molar-refractivity contribution in [1.29, 1.82) is 0 Å². The number of rotatable bonds is 4. The first-order valence-corrected chi connectivity index (χ1v) is 8.49. The van der Waals surface area contributed by atoms with E-state index >= 15 is 0 Å². The number of sulfone groups is 1. The van der Waals surface area contributed by atoms with Crippen molar-refractivity contribution in [3.05, 3.63) is 28.3 Å². The van der Waals surface area contributed by atoms with Gasteiger partial charge in [0.1, 0.15) is 0 Å². The Morgan fingerprint density at radius 1 is 1.38 bits per heavy atom. The number of nitro benzene ring substituents is 1. The van der Waals surface area contributed by atoms with Crippen LogP contribution in [0.3, 0.4) is 0 Å². The minimum atomic E-state index is -3.52. The van der Waals surface area contributed by atoms with Crippen LogP contribution >= 0.6 is 0 Å². The molecule has 1 atom stereocenters. The Balaban J connectivity index is 2.43. The van der Waals surface area contributed by atoms with Gasteiger partial charge in [-0.3, -0.25) is 10.1 Å². The van der Waals surface area contributed by atoms with E-state index < -0.39 is 14.8 Å². The number of anilines is 1. The van der Waals surface area contributed by atoms with Gasteiger partial charge in [-0.25, -0.2) is 8.42 Å². The van der Waals surface area contributed by atoms with E-state index in [4.69, 9.17) is 0 Å². The summed E-state index contributed by atoms with van der Waals surface area (Å²) >= 11 is 0. The van der Waals surface area contributed by atoms with Crippen molar-refractivity contribution in [3.8, 4) is 0 Å². The summed E-state index contributed by atoms with van der Waals surface area (Å²) < 4.78 is 23.9. The van der Waals surface area contributed by atoms with Crippen molar-refractivity contribution in [2.24, 2.45) is 0 Å². The molecule has 0 saturated carbocycles. The number of non-ortho nitro benzene ring substituents is 1. The maximum atomic E-state index is 11.9. The zero-order valence-corrected chi connectivity index (χ0v) is 13.1. The molecule has 7 nitrogen and oxygen atoms in total. The normalized spacial score (nSPS) is 19.2. The molecule has 1 aromatic rings. The third kappa shape index (κ3) is 3.33. The zero-order valence-electron chi connectivity index (χ0n) is 12.3. The first-order chi connectivity index (χ1) is 9.70. The van der Waals surface area contributed by atoms with Gasteiger partial charge in [-0.05, 0) is 26.6 Å². The molecule has 2 rings (SSSR count). The van der Waals surface area contributed by atoms with Crippen molar-refractivity contribution >= 4 is 21.2 Å². The lowest BCUT2D eigenvalue weighted by atomic mass is 10.2. The van der Waals surface area contributed by atoms with Gasteiger partial charge in [-0.1, -0.05) is 0 Å². The summed E-state index contributed by atoms with van der Waals surface area (Å²) in [5.74, 6) is 0. The average Bonchev–Trinajstić information content (AvgIpc) is 2.86. The predicted molar refractivity (Wildman–Crippen MR) is 80.5 cm³/mol. The number of hydrogen-bond donors (Lipinski definition) is 0. The molecular weight excluding hydrogens is 294 g/mol. The Kier molecular flexibility index (Phi) is 4.20. The Morgan fingerprint density at radius 3 is 2.52 bits per heavy atom. The molecule has 1 aliphatic heterocycles. The molecule has 0 radical (unpaired) electrons. The van der Waals surface area contributed by atoms with E-state index in [0.717, 1.165) is 25.3 Å². The van der Waals surface area contributed by atoms with Crippen LogP contribution in [0.4, 0.5) is 11.4 Å². The van der Waals surface area contributed by atoms with Crippen LogP contribution in [0.1, 0.15) is 6.42 Å². The number of benzene rings is 1. The van der Waals surface area contributed by atoms with Gasteiger partial charge in [0.25, 0.3) is 5.69 Å². The Hall–Kier alpha value is -1.67. The molecule has 1 aliphatic rings. The van der Waals surface area contributed by atoms with Crippen LogP contribution in [0.2, 0.25) is 0 Å². The second-order valence-corrected chi connectivity index (χ2v) is 7.52. The largest absolute Gasteiger partial charge is 0.369 e. The summed E-state index contributed by atoms with van der Waals surface area (Å²) in [5.41, 5.74) is 0.343. The number of hydrogen-bond acceptors (Lipinski definition) is 6. The quantitative estimate of drug-likeness (QED) is 0.612. The van der Waals surface area contributed by atoms with Crippen molar-refractivity contribution < 1.29 is 13.3 Å². The fraction of sp³-hybridized carbons (Fsp3) is 0.538. The van der Waals surface area contributed by atoms with E-state index in [1.165, 1.54) is 12.1 Å². The maximum absolute atomic E-state index is 11.9. The van der Waals surface area contributed by atoms with E-state index in [1.54, 1.807) is 0 Å². The van der Waals surface area contributed by atoms with Crippen LogP contribution in [0.15, 0.2) is 23.1 Å². The highest BCUT2D eigenvalue weighted by Crippen LogP contribution is 2.32. The molecule has 116 valence electrons. The van der Waals surface area contributed by atoms with E-state index in [1.807, 2.05) is 19.0 Å². The zero-order chi connectivity index (χ0) is 15.8. The van der Waals surface area contributed by atoms with Crippen molar-refractivity contribution in [1.82, 2.24) is 4.90 Å². The van der Waals surface area contributed by atoms with Crippen molar-refractivity contribution in [2.75, 3.05) is 38.3 Å². The Labute approximate surface area is 124 Å². The SMILES string of the molecule is CN(C)C1CCN(c2ccc([N+](=O)[O-])cc2S(C)(=O)=O)C1. The lowest BCUT2D eigenvalue weighted by molar-refractivity contribution is -0.385. The van der Waals surface area contributed by atoms with Crippen LogP contribution in [0.5, 0.6) is 0 Å². The molecule has 0 aliphatic carbocycles. The first-order valence-electron chi connectivity index (χ1n) is 6.60. The van der Waals surface area contributed by atoms with Crippen LogP contribution < -0.4 is 4.90 Å². The molecule has 1 heterocycles. The summed E-state index contributed by atoms with van der Waals surface area (Å²) in [6.45, 7) is 1.45. The standard InChI is InChI=1S/C13H19N3O4S/c1-14(2)11-6-7-15(9-11)12-5-4-10(16(17)18)8-13(12)21(3,19)20/h4-5,8,11H,6-7,9H2,1-3H3. The maximum Gasteiger partial charge on any atom is 0.270 e. The average molecular weight is 313 g/mol. The van der Waals surface area contributed by atoms with Gasteiger partial charge in [-0.2, -0.15) is 0 Å². The van der Waals surface area contributed by atoms with Gasteiger partial charge >= 0.3 is 0 Å². The summed E-state index contributed by atoms with van der Waals surface area (Å²) in [6.07, 6.45) is 2.02. The highest BCUT2D eigenvalue weighted by molar-refractivity contribution is 7.90. The molecular formula is C13H19N3O4S. The van der Waals surface area contributed by atoms with Gasteiger partial charge < -0.3 is 9.80 Å². The molecule has 8 heteroatoms. The fourth-order valence-corrected chi connectivity index (χ4v) is 3.47. The van der Waals surface area contributed by atoms with E-state index in [2.05, 4.69) is 4.90 Å². The summed E-state index contributed by atoms with van der Waals surface area (Å²) in [5, 5.41) is 10.8. The Morgan fingerprint density at radius 2 is 2.05 bits per heavy atom. The molecule has 0 N–H and O–H groups in total. The molecule has 0 amide bonds. The predicted octanol–water partition coefficient (Wildman–Crippen LogP) is 1.14. The van der Waals surface area contributed by atoms with E-state index in [0.29, 0.717) is 18.3 Å². The van der Waals surface area contributed by atoms with Gasteiger partial charge in [0.2, 0.25) is 0 Å². The van der Waals surface area contributed by atoms with Gasteiger partial charge in [0.15, 0.2) is 9.84 Å². The minimum absolute atomic E-state index is 0.0242. The third-order valence-electron chi connectivity index (χ3n) is 3.79. The second kappa shape index (κ2) is 5.61. The van der Waals surface area contributed by atoms with Crippen LogP contribution in [0.25, 0.3) is 0 Å². The molecule has 1 unspecified atom stereocenters. The monoisotopic (exact) mass is 313 g/mol. The Bertz CT molecular complexity index is 657. The van der Waals surface area contributed by atoms with Crippen molar-refractivity contribution in [2.45, 2.75) is 17.4 Å². The number of nitro groups is 1. The second-order valence-electron chi connectivity index (χ2n) is 5.53. The van der Waals surface area contributed by atoms with Crippen LogP contribution in [-0.4, -0.2) is 57.7 Å². The third-order valence-corrected chi connectivity index (χ3v) is 4.91. The molecule has 21 heavy (non-hydrogen) atoms. The lowest BCUT2D eigenvalue weighted by Crippen LogP contribution is -2.31. The molecule has 1 aromatic carbocycles. The molecule has 1 saturated heterocycles. The highest BCUT2D eigenvalue weighted by atomic mass is 32.2. The smallest absolute Gasteiger partial charge is 0.270 e. The summed E-state index contributed by atoms with van der Waals surface area (Å²) in [4.78, 5) is 14.4. The molecule has 0 aromatic heterocycles. The summed E-state index contributed by atoms with van der Waals surface area (Å²) in [6, 6.07) is 4.39. The minimum Gasteiger partial charge on any atom is -0.369 e. The van der Waals surface area contributed by atoms with E-state index in [-0.39, 0.29) is 10.6 Å². The van der Waals surface area contributed by atoms with Gasteiger partial charge in [0, 0.05) is 37.5 Å². The topological polar surface area (TPSA) is 83.8 Å². The molecule has 1 fully saturated rings. The molecule has 0 bridgehead atoms. The van der Waals surface area contributed by atoms with Gasteiger partial charge in [-0.15, -0.1) is 0 Å². The first kappa shape index (κ1) is 15.7. The van der Waals surface area contributed by atoms with Crippen molar-refractivity contribution in [3.63, 3.8) is 0 Å². The highest BCUT2D eigenvalue weighted by Gasteiger charge is 2.28. The number of nitrogens with zero attached hydrogens (tertiary/aromatic N) is 3. The number of likely N-dealkylation sites (N-methyl/N-ethyl adjacent to an activating group) is 1. The van der Waals surface area contributed by atoms with Gasteiger partial charge in [0.05, 0.1) is 15.5 Å². The summed E-state index contributed by atoms with van der Waals surface area (Å²) in [7, 11) is 0.451. The van der Waals surface area contributed by atoms with Crippen LogP contribution in [0, 0.1) is 10.1 Å².